The molecule has 5 aliphatic rings. The molecule has 108 heavy (non-hydrogen) atoms. The quantitative estimate of drug-likeness (QED) is 0.142. The van der Waals surface area contributed by atoms with E-state index < -0.39 is 6.98 Å². The summed E-state index contributed by atoms with van der Waals surface area (Å²) in [4.78, 5) is 47.3. The zero-order valence-electron chi connectivity index (χ0n) is 62.3. The first-order valence-electron chi connectivity index (χ1n) is 37.1. The number of nitrogens with zero attached hydrogens (tertiary/aromatic N) is 23. The number of aryl methyl sites for hydroxylation is 7. The summed E-state index contributed by atoms with van der Waals surface area (Å²) in [6.07, 6.45) is 18.2. The highest BCUT2D eigenvalue weighted by Crippen LogP contribution is 2.43. The van der Waals surface area contributed by atoms with Gasteiger partial charge in [0.1, 0.15) is 43.2 Å². The first-order chi connectivity index (χ1) is 54.3. The molecule has 0 amide bonds. The number of thiophene rings is 1. The second kappa shape index (κ2) is 23.1. The monoisotopic (exact) mass is 1440 g/mol. The van der Waals surface area contributed by atoms with Crippen LogP contribution >= 0.6 is 11.3 Å². The molecule has 520 valence electrons. The van der Waals surface area contributed by atoms with Gasteiger partial charge < -0.3 is 4.42 Å². The Balaban J connectivity index is 0.0000000856. The molecule has 20 aromatic heterocycles. The van der Waals surface area contributed by atoms with E-state index in [-0.39, 0.29) is 0 Å². The van der Waals surface area contributed by atoms with Gasteiger partial charge in [0.25, 0.3) is 28.6 Å². The summed E-state index contributed by atoms with van der Waals surface area (Å²) >= 11 is 1.76. The summed E-state index contributed by atoms with van der Waals surface area (Å²) in [6.45, 7) is 1.60. The molecular weight excluding hydrogens is 1370 g/mol. The van der Waals surface area contributed by atoms with Gasteiger partial charge >= 0.3 is 5.71 Å². The van der Waals surface area contributed by atoms with Gasteiger partial charge in [-0.3, -0.25) is 24.9 Å². The topological polar surface area (TPSA) is 201 Å². The Hall–Kier alpha value is -13.8. The molecule has 25 heteroatoms. The Kier molecular flexibility index (Phi) is 12.5. The SMILES string of the molecule is C[n+]1c2n(c3c4cccnc4n(-c4ccccc4)c31)Cc1ncccc1-2.C[n+]1c2n(c3c4cccnc4oc31)Cc1ncccc1-2.C[n+]1c2n(c3c4cccnc4sc31)Cc1ncccc1-2.Cn1c2ncccc2c2c1[n+](C)c1n2Cc2ncccc2-1.[2H]C([2H])([2H])n1c2ncccc2c2c1[n+](C)c1n2Cc2ncccc2-1. The second-order valence-electron chi connectivity index (χ2n) is 27.8. The van der Waals surface area contributed by atoms with Crippen LogP contribution in [0.25, 0.3) is 172 Å². The summed E-state index contributed by atoms with van der Waals surface area (Å²) < 4.78 is 57.9. The smallest absolute Gasteiger partial charge is 0.340 e. The number of benzene rings is 1. The van der Waals surface area contributed by atoms with Crippen LogP contribution in [0.15, 0.2) is 218 Å². The minimum atomic E-state index is -2.30. The number of hydrogen-bond donors (Lipinski definition) is 0. The fourth-order valence-corrected chi connectivity index (χ4v) is 18.8. The van der Waals surface area contributed by atoms with Crippen molar-refractivity contribution in [3.05, 3.63) is 242 Å². The molecule has 1 aromatic carbocycles. The number of furan rings is 1. The fourth-order valence-electron chi connectivity index (χ4n) is 17.7. The molecule has 0 N–H and O–H groups in total. The third kappa shape index (κ3) is 8.51. The molecule has 21 aromatic rings. The number of hydrogen-bond acceptors (Lipinski definition) is 12. The van der Waals surface area contributed by atoms with Crippen molar-refractivity contribution in [3.8, 4) is 62.6 Å². The van der Waals surface area contributed by atoms with E-state index in [1.165, 1.54) is 87.5 Å². The predicted molar refractivity (Wildman–Crippen MR) is 411 cm³/mol. The van der Waals surface area contributed by atoms with Crippen LogP contribution in [0.2, 0.25) is 0 Å². The number of fused-ring (bicyclic) bond motifs is 35. The minimum Gasteiger partial charge on any atom is -0.400 e. The summed E-state index contributed by atoms with van der Waals surface area (Å²) in [6, 6.07) is 51.2. The van der Waals surface area contributed by atoms with Crippen LogP contribution in [0, 0.1) is 0 Å². The molecule has 24 nitrogen and oxygen atoms in total. The molecule has 0 aliphatic carbocycles. The molecule has 0 bridgehead atoms. The van der Waals surface area contributed by atoms with E-state index >= 15 is 0 Å². The van der Waals surface area contributed by atoms with Crippen molar-refractivity contribution in [2.24, 2.45) is 49.3 Å². The summed E-state index contributed by atoms with van der Waals surface area (Å²) in [7, 11) is 12.4. The van der Waals surface area contributed by atoms with E-state index in [2.05, 4.69) is 196 Å². The number of rotatable bonds is 1. The van der Waals surface area contributed by atoms with Gasteiger partial charge in [0.2, 0.25) is 50.5 Å². The molecular formula is C83H66N23OS+5. The van der Waals surface area contributed by atoms with Crippen LogP contribution in [0.4, 0.5) is 0 Å². The van der Waals surface area contributed by atoms with Gasteiger partial charge in [-0.05, 0) is 133 Å². The van der Waals surface area contributed by atoms with Crippen molar-refractivity contribution >= 4 is 121 Å². The molecule has 0 saturated carbocycles. The van der Waals surface area contributed by atoms with Crippen LogP contribution in [-0.2, 0) is 82.0 Å². The lowest BCUT2D eigenvalue weighted by Crippen LogP contribution is -2.31. The van der Waals surface area contributed by atoms with Crippen molar-refractivity contribution in [2.75, 3.05) is 0 Å². The van der Waals surface area contributed by atoms with E-state index in [1.807, 2.05) is 141 Å². The second-order valence-corrected chi connectivity index (χ2v) is 28.7. The lowest BCUT2D eigenvalue weighted by molar-refractivity contribution is -0.640. The van der Waals surface area contributed by atoms with Gasteiger partial charge in [-0.1, -0.05) is 29.5 Å². The highest BCUT2D eigenvalue weighted by atomic mass is 32.1. The normalized spacial score (nSPS) is 13.5. The van der Waals surface area contributed by atoms with Crippen LogP contribution < -0.4 is 22.8 Å². The van der Waals surface area contributed by atoms with Crippen LogP contribution in [0.3, 0.4) is 0 Å². The molecule has 0 fully saturated rings. The Morgan fingerprint density at radius 1 is 0.343 bits per heavy atom. The number of aromatic nitrogens is 23. The maximum atomic E-state index is 7.97. The van der Waals surface area contributed by atoms with Gasteiger partial charge in [-0.15, -0.1) is 0 Å². The summed E-state index contributed by atoms with van der Waals surface area (Å²) in [5.41, 5.74) is 25.4. The van der Waals surface area contributed by atoms with Crippen LogP contribution in [-0.4, -0.2) is 86.4 Å². The van der Waals surface area contributed by atoms with Crippen LogP contribution in [0.5, 0.6) is 0 Å². The number of para-hydroxylation sites is 1. The summed E-state index contributed by atoms with van der Waals surface area (Å²) in [5.74, 6) is 5.80. The molecule has 0 radical (unpaired) electrons. The molecule has 0 atom stereocenters. The average Bonchev–Trinajstić information content (AvgIpc) is 1.60. The van der Waals surface area contributed by atoms with Crippen molar-refractivity contribution < 1.29 is 31.4 Å². The van der Waals surface area contributed by atoms with Gasteiger partial charge in [0, 0.05) is 62.0 Å². The Morgan fingerprint density at radius 3 is 1.22 bits per heavy atom. The average molecular weight is 1440 g/mol. The molecule has 5 aliphatic heterocycles. The third-order valence-electron chi connectivity index (χ3n) is 22.1. The Bertz CT molecular complexity index is 7380. The van der Waals surface area contributed by atoms with Crippen molar-refractivity contribution in [3.63, 3.8) is 0 Å². The standard InChI is InChI=1S/C21H16N5.2C16H14N5.C15H11N4O.C15H11N4S/c1-24-20-15-9-5-11-22-17(15)13-25(20)18-16-10-6-12-23-19(16)26(21(18)24)14-7-3-2-4-8-14;2*1-19-14-11(6-4-8-18-14)13-16(19)20(2)15-10-5-3-7-17-12(10)9-21(13)15;2*1-18-14-9-4-2-6-16-11(9)8-19(14)12-10-5-3-7-17-13(10)20-15(12)18/h2-12H,13H2,1H3;2*3-8H,9H2,1-2H3;2*2-7H,8H2,1H3/q5*+1/i;1D3;;;. The third-order valence-corrected chi connectivity index (χ3v) is 23.3. The molecule has 26 rings (SSSR count). The maximum absolute atomic E-state index is 7.97. The first kappa shape index (κ1) is 58.6. The van der Waals surface area contributed by atoms with Crippen molar-refractivity contribution in [2.45, 2.75) is 32.7 Å². The molecule has 0 unspecified atom stereocenters. The van der Waals surface area contributed by atoms with E-state index in [4.69, 9.17) is 13.5 Å². The first-order valence-corrected chi connectivity index (χ1v) is 36.5. The maximum Gasteiger partial charge on any atom is 0.340 e. The van der Waals surface area contributed by atoms with E-state index in [0.717, 1.165) is 127 Å². The van der Waals surface area contributed by atoms with E-state index in [0.29, 0.717) is 23.6 Å². The van der Waals surface area contributed by atoms with Crippen molar-refractivity contribution in [1.82, 2.24) is 86.4 Å². The van der Waals surface area contributed by atoms with Crippen LogP contribution in [0.1, 0.15) is 32.6 Å². The lowest BCUT2D eigenvalue weighted by atomic mass is 10.2. The van der Waals surface area contributed by atoms with Gasteiger partial charge in [0.05, 0.1) is 137 Å². The van der Waals surface area contributed by atoms with Gasteiger partial charge in [-0.2, -0.15) is 4.57 Å². The Labute approximate surface area is 622 Å². The van der Waals surface area contributed by atoms with Crippen molar-refractivity contribution in [1.29, 1.82) is 0 Å². The largest absolute Gasteiger partial charge is 0.400 e. The zero-order valence-corrected chi connectivity index (χ0v) is 60.2. The molecule has 25 heterocycles. The van der Waals surface area contributed by atoms with E-state index in [9.17, 15) is 0 Å². The minimum absolute atomic E-state index is 0.484. The number of pyridine rings is 10. The zero-order chi connectivity index (χ0) is 74.6. The lowest BCUT2D eigenvalue weighted by Gasteiger charge is -2.02. The number of imidazole rings is 5. The molecule has 0 spiro atoms. The Morgan fingerprint density at radius 2 is 0.713 bits per heavy atom. The fraction of sp³-hybridized carbons (Fsp3) is 0.145. The highest BCUT2D eigenvalue weighted by molar-refractivity contribution is 7.24. The summed E-state index contributed by atoms with van der Waals surface area (Å²) in [5, 5.41) is 5.50. The predicted octanol–water partition coefficient (Wildman–Crippen LogP) is 11.3. The highest BCUT2D eigenvalue weighted by Gasteiger charge is 2.42. The molecule has 0 saturated heterocycles. The van der Waals surface area contributed by atoms with E-state index in [1.54, 1.807) is 29.9 Å². The van der Waals surface area contributed by atoms with Gasteiger partial charge in [0.15, 0.2) is 22.1 Å². The van der Waals surface area contributed by atoms with Gasteiger partial charge in [-0.25, -0.2) is 79.7 Å².